The first-order valence-electron chi connectivity index (χ1n) is 4.14. The van der Waals surface area contributed by atoms with Crippen LogP contribution >= 0.6 is 0 Å². The predicted octanol–water partition coefficient (Wildman–Crippen LogP) is -1.69. The molecule has 1 heterocycles. The van der Waals surface area contributed by atoms with Crippen LogP contribution in [0.15, 0.2) is 6.20 Å². The summed E-state index contributed by atoms with van der Waals surface area (Å²) < 4.78 is 1.35. The number of carbonyl (C=O) groups is 1. The third-order valence-corrected chi connectivity index (χ3v) is 1.71. The highest BCUT2D eigenvalue weighted by atomic mass is 16.3. The van der Waals surface area contributed by atoms with Gasteiger partial charge >= 0.3 is 0 Å². The highest BCUT2D eigenvalue weighted by Gasteiger charge is 2.09. The van der Waals surface area contributed by atoms with E-state index in [1.165, 1.54) is 15.8 Å². The van der Waals surface area contributed by atoms with Gasteiger partial charge in [0.1, 0.15) is 6.54 Å². The largest absolute Gasteiger partial charge is 0.395 e. The summed E-state index contributed by atoms with van der Waals surface area (Å²) in [4.78, 5) is 12.8. The molecule has 0 aliphatic rings. The Balaban J connectivity index is 2.48. The monoisotopic (exact) mass is 199 g/mol. The van der Waals surface area contributed by atoms with Crippen LogP contribution in [0.3, 0.4) is 0 Å². The van der Waals surface area contributed by atoms with E-state index in [0.29, 0.717) is 6.54 Å². The summed E-state index contributed by atoms with van der Waals surface area (Å²) in [6.07, 6.45) is 1.48. The lowest BCUT2D eigenvalue weighted by Crippen LogP contribution is -2.32. The Morgan fingerprint density at radius 2 is 2.50 bits per heavy atom. The molecule has 14 heavy (non-hydrogen) atoms. The Morgan fingerprint density at radius 1 is 1.79 bits per heavy atom. The van der Waals surface area contributed by atoms with Crippen LogP contribution < -0.4 is 5.73 Å². The molecule has 1 amide bonds. The molecule has 1 rings (SSSR count). The number of rotatable bonds is 4. The summed E-state index contributed by atoms with van der Waals surface area (Å²) in [6.45, 7) is 0.339. The zero-order valence-corrected chi connectivity index (χ0v) is 7.92. The van der Waals surface area contributed by atoms with Crippen molar-refractivity contribution in [1.29, 1.82) is 0 Å². The smallest absolute Gasteiger partial charge is 0.244 e. The van der Waals surface area contributed by atoms with Gasteiger partial charge in [-0.25, -0.2) is 4.68 Å². The average molecular weight is 199 g/mol. The average Bonchev–Trinajstić information content (AvgIpc) is 2.51. The SMILES string of the molecule is CN(CCO)C(=O)Cn1cc(N)nn1. The van der Waals surface area contributed by atoms with Gasteiger partial charge in [0.25, 0.3) is 0 Å². The fourth-order valence-electron chi connectivity index (χ4n) is 0.925. The fourth-order valence-corrected chi connectivity index (χ4v) is 0.925. The Hall–Kier alpha value is -1.63. The first-order valence-corrected chi connectivity index (χ1v) is 4.14. The Kier molecular flexibility index (Phi) is 3.41. The van der Waals surface area contributed by atoms with Crippen LogP contribution in [0.2, 0.25) is 0 Å². The third-order valence-electron chi connectivity index (χ3n) is 1.71. The summed E-state index contributed by atoms with van der Waals surface area (Å²) in [5.74, 6) is 0.131. The van der Waals surface area contributed by atoms with E-state index in [1.54, 1.807) is 7.05 Å². The molecule has 0 atom stereocenters. The minimum absolute atomic E-state index is 0.0538. The molecule has 0 saturated heterocycles. The molecule has 0 radical (unpaired) electrons. The van der Waals surface area contributed by atoms with Crippen molar-refractivity contribution in [2.75, 3.05) is 25.9 Å². The zero-order chi connectivity index (χ0) is 10.6. The summed E-state index contributed by atoms with van der Waals surface area (Å²) in [7, 11) is 1.61. The number of nitrogens with two attached hydrogens (primary N) is 1. The number of likely N-dealkylation sites (N-methyl/N-ethyl adjacent to an activating group) is 1. The third kappa shape index (κ3) is 2.70. The van der Waals surface area contributed by atoms with Crippen LogP contribution in [-0.2, 0) is 11.3 Å². The van der Waals surface area contributed by atoms with Gasteiger partial charge in [0, 0.05) is 13.6 Å². The Morgan fingerprint density at radius 3 is 3.00 bits per heavy atom. The van der Waals surface area contributed by atoms with E-state index < -0.39 is 0 Å². The van der Waals surface area contributed by atoms with Crippen LogP contribution in [0.1, 0.15) is 0 Å². The van der Waals surface area contributed by atoms with Crippen molar-refractivity contribution in [3.05, 3.63) is 6.20 Å². The van der Waals surface area contributed by atoms with Gasteiger partial charge in [0.05, 0.1) is 12.8 Å². The van der Waals surface area contributed by atoms with Gasteiger partial charge in [-0.3, -0.25) is 4.79 Å². The lowest BCUT2D eigenvalue weighted by molar-refractivity contribution is -0.131. The van der Waals surface area contributed by atoms with Gasteiger partial charge in [0.2, 0.25) is 5.91 Å². The highest BCUT2D eigenvalue weighted by Crippen LogP contribution is 1.94. The van der Waals surface area contributed by atoms with E-state index in [2.05, 4.69) is 10.3 Å². The van der Waals surface area contributed by atoms with Crippen molar-refractivity contribution >= 4 is 11.7 Å². The number of nitrogens with zero attached hydrogens (tertiary/aromatic N) is 4. The number of anilines is 1. The molecule has 1 aromatic rings. The van der Waals surface area contributed by atoms with Crippen LogP contribution in [0, 0.1) is 0 Å². The summed E-state index contributed by atoms with van der Waals surface area (Å²) in [5.41, 5.74) is 5.33. The van der Waals surface area contributed by atoms with E-state index in [0.717, 1.165) is 0 Å². The van der Waals surface area contributed by atoms with Crippen molar-refractivity contribution in [3.63, 3.8) is 0 Å². The van der Waals surface area contributed by atoms with E-state index in [1.807, 2.05) is 0 Å². The number of amides is 1. The molecule has 0 spiro atoms. The van der Waals surface area contributed by atoms with Crippen molar-refractivity contribution in [2.45, 2.75) is 6.54 Å². The van der Waals surface area contributed by atoms with E-state index >= 15 is 0 Å². The maximum Gasteiger partial charge on any atom is 0.244 e. The molecule has 0 unspecified atom stereocenters. The molecule has 7 heteroatoms. The lowest BCUT2D eigenvalue weighted by atomic mass is 10.5. The van der Waals surface area contributed by atoms with Crippen molar-refractivity contribution in [2.24, 2.45) is 0 Å². The van der Waals surface area contributed by atoms with E-state index in [9.17, 15) is 4.79 Å². The second-order valence-electron chi connectivity index (χ2n) is 2.88. The second kappa shape index (κ2) is 4.56. The van der Waals surface area contributed by atoms with Crippen molar-refractivity contribution in [1.82, 2.24) is 19.9 Å². The standard InChI is InChI=1S/C7H13N5O2/c1-11(2-3-13)7(14)5-12-4-6(8)9-10-12/h4,13H,2-3,5,8H2,1H3. The molecule has 0 fully saturated rings. The van der Waals surface area contributed by atoms with Gasteiger partial charge in [-0.05, 0) is 0 Å². The van der Waals surface area contributed by atoms with Crippen LogP contribution in [0.25, 0.3) is 0 Å². The van der Waals surface area contributed by atoms with E-state index in [-0.39, 0.29) is 24.9 Å². The Labute approximate surface area is 81.1 Å². The van der Waals surface area contributed by atoms with Crippen molar-refractivity contribution in [3.8, 4) is 0 Å². The summed E-state index contributed by atoms with van der Waals surface area (Å²) in [5, 5.41) is 15.8. The molecule has 0 aliphatic carbocycles. The quantitative estimate of drug-likeness (QED) is 0.603. The number of hydrogen-bond donors (Lipinski definition) is 2. The van der Waals surface area contributed by atoms with Crippen LogP contribution in [0.4, 0.5) is 5.82 Å². The van der Waals surface area contributed by atoms with Crippen LogP contribution in [-0.4, -0.2) is 51.1 Å². The van der Waals surface area contributed by atoms with Gasteiger partial charge in [-0.1, -0.05) is 5.21 Å². The molecule has 3 N–H and O–H groups in total. The number of carbonyl (C=O) groups excluding carboxylic acids is 1. The molecule has 0 aliphatic heterocycles. The molecule has 78 valence electrons. The maximum atomic E-state index is 11.4. The highest BCUT2D eigenvalue weighted by molar-refractivity contribution is 5.75. The van der Waals surface area contributed by atoms with Crippen molar-refractivity contribution < 1.29 is 9.90 Å². The molecular weight excluding hydrogens is 186 g/mol. The lowest BCUT2D eigenvalue weighted by Gasteiger charge is -2.14. The Bertz CT molecular complexity index is 311. The predicted molar refractivity (Wildman–Crippen MR) is 49.2 cm³/mol. The van der Waals surface area contributed by atoms with Crippen LogP contribution in [0.5, 0.6) is 0 Å². The molecular formula is C7H13N5O2. The zero-order valence-electron chi connectivity index (χ0n) is 7.92. The minimum Gasteiger partial charge on any atom is -0.395 e. The van der Waals surface area contributed by atoms with Gasteiger partial charge < -0.3 is 15.7 Å². The number of hydrogen-bond acceptors (Lipinski definition) is 5. The summed E-state index contributed by atoms with van der Waals surface area (Å²) >= 11 is 0. The number of aromatic nitrogens is 3. The molecule has 1 aromatic heterocycles. The normalized spacial score (nSPS) is 10.1. The number of aliphatic hydroxyl groups excluding tert-OH is 1. The van der Waals surface area contributed by atoms with Gasteiger partial charge in [0.15, 0.2) is 5.82 Å². The second-order valence-corrected chi connectivity index (χ2v) is 2.88. The molecule has 0 bridgehead atoms. The maximum absolute atomic E-state index is 11.4. The first-order chi connectivity index (χ1) is 6.63. The molecule has 0 saturated carbocycles. The van der Waals surface area contributed by atoms with E-state index in [4.69, 9.17) is 10.8 Å². The number of nitrogen functional groups attached to an aromatic ring is 1. The first kappa shape index (κ1) is 10.5. The minimum atomic E-state index is -0.149. The topological polar surface area (TPSA) is 97.3 Å². The molecule has 7 nitrogen and oxygen atoms in total. The van der Waals surface area contributed by atoms with Gasteiger partial charge in [-0.15, -0.1) is 5.10 Å². The number of aliphatic hydroxyl groups is 1. The summed E-state index contributed by atoms with van der Waals surface area (Å²) in [6, 6.07) is 0. The molecule has 0 aromatic carbocycles. The fraction of sp³-hybridized carbons (Fsp3) is 0.571. The van der Waals surface area contributed by atoms with Gasteiger partial charge in [-0.2, -0.15) is 0 Å².